The van der Waals surface area contributed by atoms with E-state index in [2.05, 4.69) is 20.6 Å². The van der Waals surface area contributed by atoms with Crippen LogP contribution >= 0.6 is 11.3 Å². The summed E-state index contributed by atoms with van der Waals surface area (Å²) in [6.07, 6.45) is 3.83. The Labute approximate surface area is 201 Å². The van der Waals surface area contributed by atoms with E-state index in [0.29, 0.717) is 17.7 Å². The Balaban J connectivity index is 1.53. The van der Waals surface area contributed by atoms with Gasteiger partial charge in [0.15, 0.2) is 0 Å². The van der Waals surface area contributed by atoms with Crippen LogP contribution in [0.4, 0.5) is 16.0 Å². The predicted octanol–water partition coefficient (Wildman–Crippen LogP) is 5.33. The largest absolute Gasteiger partial charge is 0.481 e. The molecule has 3 aromatic heterocycles. The smallest absolute Gasteiger partial charge is 0.227 e. The van der Waals surface area contributed by atoms with Gasteiger partial charge in [-0.2, -0.15) is 0 Å². The zero-order valence-corrected chi connectivity index (χ0v) is 19.8. The van der Waals surface area contributed by atoms with Crippen molar-refractivity contribution in [3.8, 4) is 27.7 Å². The number of anilines is 2. The second-order valence-electron chi connectivity index (χ2n) is 8.19. The average Bonchev–Trinajstić information content (AvgIpc) is 3.30. The van der Waals surface area contributed by atoms with E-state index >= 15 is 0 Å². The molecule has 0 unspecified atom stereocenters. The monoisotopic (exact) mass is 476 g/mol. The molecule has 4 aromatic rings. The molecule has 1 saturated heterocycles. The minimum absolute atomic E-state index is 0.268. The molecular weight excluding hydrogens is 451 g/mol. The van der Waals surface area contributed by atoms with E-state index in [0.717, 1.165) is 64.1 Å². The van der Waals surface area contributed by atoms with Crippen LogP contribution in [0.3, 0.4) is 0 Å². The summed E-state index contributed by atoms with van der Waals surface area (Å²) in [6, 6.07) is 12.1. The van der Waals surface area contributed by atoms with Crippen molar-refractivity contribution in [1.29, 1.82) is 0 Å². The van der Waals surface area contributed by atoms with Gasteiger partial charge in [0.25, 0.3) is 0 Å². The third kappa shape index (κ3) is 4.90. The number of pyridine rings is 1. The first kappa shape index (κ1) is 22.4. The lowest BCUT2D eigenvalue weighted by molar-refractivity contribution is 0.397. The molecule has 9 heteroatoms. The summed E-state index contributed by atoms with van der Waals surface area (Å²) in [5.41, 5.74) is 4.08. The standard InChI is InChI=1S/C25H25FN6OS/c1-15-13-19(14-21(29-15)33-2)30-25-28-12-9-20(31-25)23-22(16-3-5-18(26)6-4-16)32-24(34-23)17-7-10-27-11-8-17/h3-6,9,12-14,17,27H,7-8,10-11H2,1-2H3,(H,28,29,30,31). The van der Waals surface area contributed by atoms with E-state index in [1.54, 1.807) is 42.8 Å². The van der Waals surface area contributed by atoms with Gasteiger partial charge in [0.2, 0.25) is 11.8 Å². The molecule has 0 saturated carbocycles. The van der Waals surface area contributed by atoms with Crippen molar-refractivity contribution < 1.29 is 9.13 Å². The summed E-state index contributed by atoms with van der Waals surface area (Å²) in [4.78, 5) is 19.5. The van der Waals surface area contributed by atoms with E-state index in [1.165, 1.54) is 12.1 Å². The van der Waals surface area contributed by atoms with Crippen LogP contribution in [0.25, 0.3) is 21.8 Å². The van der Waals surface area contributed by atoms with Gasteiger partial charge >= 0.3 is 0 Å². The molecule has 5 rings (SSSR count). The van der Waals surface area contributed by atoms with Crippen molar-refractivity contribution in [2.24, 2.45) is 0 Å². The summed E-state index contributed by atoms with van der Waals surface area (Å²) in [5, 5.41) is 7.76. The van der Waals surface area contributed by atoms with Crippen molar-refractivity contribution >= 4 is 23.0 Å². The number of methoxy groups -OCH3 is 1. The number of nitrogens with zero attached hydrogens (tertiary/aromatic N) is 4. The Morgan fingerprint density at radius 2 is 1.85 bits per heavy atom. The Morgan fingerprint density at radius 1 is 1.06 bits per heavy atom. The number of aromatic nitrogens is 4. The van der Waals surface area contributed by atoms with Gasteiger partial charge in [-0.25, -0.2) is 24.3 Å². The molecule has 0 atom stereocenters. The predicted molar refractivity (Wildman–Crippen MR) is 132 cm³/mol. The lowest BCUT2D eigenvalue weighted by atomic mass is 9.99. The van der Waals surface area contributed by atoms with Crippen molar-refractivity contribution in [3.05, 3.63) is 65.2 Å². The second kappa shape index (κ2) is 9.82. The van der Waals surface area contributed by atoms with Gasteiger partial charge in [0.1, 0.15) is 5.82 Å². The van der Waals surface area contributed by atoms with E-state index in [9.17, 15) is 4.39 Å². The first-order valence-corrected chi connectivity index (χ1v) is 12.0. The van der Waals surface area contributed by atoms with Crippen LogP contribution < -0.4 is 15.4 Å². The van der Waals surface area contributed by atoms with Crippen LogP contribution in [0.2, 0.25) is 0 Å². The van der Waals surface area contributed by atoms with Crippen molar-refractivity contribution in [3.63, 3.8) is 0 Å². The maximum atomic E-state index is 13.6. The molecule has 4 heterocycles. The van der Waals surface area contributed by atoms with Crippen molar-refractivity contribution in [2.75, 3.05) is 25.5 Å². The van der Waals surface area contributed by atoms with Gasteiger partial charge in [-0.1, -0.05) is 0 Å². The molecule has 0 bridgehead atoms. The van der Waals surface area contributed by atoms with Crippen molar-refractivity contribution in [2.45, 2.75) is 25.7 Å². The summed E-state index contributed by atoms with van der Waals surface area (Å²) >= 11 is 1.66. The summed E-state index contributed by atoms with van der Waals surface area (Å²) in [5.74, 6) is 1.12. The molecule has 1 aliphatic rings. The molecule has 0 aliphatic carbocycles. The lowest BCUT2D eigenvalue weighted by Crippen LogP contribution is -2.26. The molecule has 1 aromatic carbocycles. The molecule has 174 valence electrons. The highest BCUT2D eigenvalue weighted by Crippen LogP contribution is 2.40. The molecule has 0 amide bonds. The van der Waals surface area contributed by atoms with E-state index in [1.807, 2.05) is 19.1 Å². The number of hydrogen-bond acceptors (Lipinski definition) is 8. The lowest BCUT2D eigenvalue weighted by Gasteiger charge is -2.20. The van der Waals surface area contributed by atoms with Gasteiger partial charge in [-0.3, -0.25) is 0 Å². The van der Waals surface area contributed by atoms with E-state index in [4.69, 9.17) is 14.7 Å². The van der Waals surface area contributed by atoms with Crippen molar-refractivity contribution in [1.82, 2.24) is 25.3 Å². The number of benzene rings is 1. The minimum Gasteiger partial charge on any atom is -0.481 e. The molecule has 34 heavy (non-hydrogen) atoms. The Hall–Kier alpha value is -3.43. The Kier molecular flexibility index (Phi) is 6.46. The molecule has 0 radical (unpaired) electrons. The van der Waals surface area contributed by atoms with Crippen LogP contribution in [-0.2, 0) is 0 Å². The fourth-order valence-electron chi connectivity index (χ4n) is 4.05. The second-order valence-corrected chi connectivity index (χ2v) is 9.22. The van der Waals surface area contributed by atoms with Crippen LogP contribution in [-0.4, -0.2) is 40.1 Å². The zero-order valence-electron chi connectivity index (χ0n) is 19.0. The fraction of sp³-hybridized carbons (Fsp3) is 0.280. The quantitative estimate of drug-likeness (QED) is 0.389. The summed E-state index contributed by atoms with van der Waals surface area (Å²) in [6.45, 7) is 3.88. The highest BCUT2D eigenvalue weighted by atomic mass is 32.1. The van der Waals surface area contributed by atoms with Crippen LogP contribution in [0.1, 0.15) is 29.5 Å². The molecule has 7 nitrogen and oxygen atoms in total. The number of ether oxygens (including phenoxy) is 1. The van der Waals surface area contributed by atoms with Crippen LogP contribution in [0, 0.1) is 12.7 Å². The average molecular weight is 477 g/mol. The normalized spacial score (nSPS) is 14.2. The summed E-state index contributed by atoms with van der Waals surface area (Å²) in [7, 11) is 1.59. The zero-order chi connectivity index (χ0) is 23.5. The number of piperidine rings is 1. The number of nitrogens with one attached hydrogen (secondary N) is 2. The maximum Gasteiger partial charge on any atom is 0.227 e. The number of rotatable bonds is 6. The van der Waals surface area contributed by atoms with Gasteiger partial charge in [-0.15, -0.1) is 11.3 Å². The summed E-state index contributed by atoms with van der Waals surface area (Å²) < 4.78 is 18.9. The molecule has 2 N–H and O–H groups in total. The molecular formula is C25H25FN6OS. The van der Waals surface area contributed by atoms with Gasteiger partial charge in [-0.05, 0) is 69.3 Å². The van der Waals surface area contributed by atoms with E-state index in [-0.39, 0.29) is 5.82 Å². The topological polar surface area (TPSA) is 84.9 Å². The number of hydrogen-bond donors (Lipinski definition) is 2. The van der Waals surface area contributed by atoms with Gasteiger partial charge in [0, 0.05) is 35.1 Å². The van der Waals surface area contributed by atoms with Gasteiger partial charge < -0.3 is 15.4 Å². The first-order valence-electron chi connectivity index (χ1n) is 11.2. The number of halogens is 1. The third-order valence-electron chi connectivity index (χ3n) is 5.73. The molecule has 1 aliphatic heterocycles. The number of thiazole rings is 1. The molecule has 0 spiro atoms. The highest BCUT2D eigenvalue weighted by molar-refractivity contribution is 7.15. The Morgan fingerprint density at radius 3 is 2.62 bits per heavy atom. The fourth-order valence-corrected chi connectivity index (χ4v) is 5.27. The molecule has 1 fully saturated rings. The maximum absolute atomic E-state index is 13.6. The Bertz CT molecular complexity index is 1290. The van der Waals surface area contributed by atoms with Crippen LogP contribution in [0.5, 0.6) is 5.88 Å². The SMILES string of the molecule is COc1cc(Nc2nccc(-c3sc(C4CCNCC4)nc3-c3ccc(F)cc3)n2)cc(C)n1. The minimum atomic E-state index is -0.268. The van der Waals surface area contributed by atoms with Gasteiger partial charge in [0.05, 0.1) is 28.4 Å². The van der Waals surface area contributed by atoms with E-state index < -0.39 is 0 Å². The van der Waals surface area contributed by atoms with Crippen LogP contribution in [0.15, 0.2) is 48.7 Å². The number of aryl methyl sites for hydroxylation is 1. The highest BCUT2D eigenvalue weighted by Gasteiger charge is 2.23. The first-order chi connectivity index (χ1) is 16.6. The third-order valence-corrected chi connectivity index (χ3v) is 6.97.